The summed E-state index contributed by atoms with van der Waals surface area (Å²) in [6.07, 6.45) is 0. The lowest BCUT2D eigenvalue weighted by atomic mass is 10.3. The fraction of sp³-hybridized carbons (Fsp3) is 0.318. The zero-order valence-corrected chi connectivity index (χ0v) is 17.8. The van der Waals surface area contributed by atoms with Crippen LogP contribution in [0.2, 0.25) is 5.02 Å². The molecule has 2 aromatic rings. The van der Waals surface area contributed by atoms with E-state index in [0.717, 1.165) is 0 Å². The van der Waals surface area contributed by atoms with Crippen LogP contribution in [0.15, 0.2) is 54.6 Å². The molecule has 0 unspecified atom stereocenters. The van der Waals surface area contributed by atoms with Gasteiger partial charge in [0, 0.05) is 26.2 Å². The topological polar surface area (TPSA) is 91.0 Å². The molecule has 2 aromatic carbocycles. The Bertz CT molecular complexity index is 901. The van der Waals surface area contributed by atoms with Crippen molar-refractivity contribution >= 4 is 35.0 Å². The standard InChI is InChI=1S/C22H25ClN4O4/c23-18-8-4-5-9-19(18)25-20(28)15-26-10-12-27(13-11-26)22(30)14-24-21(29)16-31-17-6-2-1-3-7-17/h1-9H,10-16H2,(H,24,29)(H,25,28). The van der Waals surface area contributed by atoms with Crippen LogP contribution in [-0.4, -0.2) is 73.4 Å². The Balaban J connectivity index is 1.33. The third-order valence-electron chi connectivity index (χ3n) is 4.79. The average Bonchev–Trinajstić information content (AvgIpc) is 2.79. The molecule has 1 aliphatic rings. The molecule has 0 bridgehead atoms. The molecule has 8 nitrogen and oxygen atoms in total. The Labute approximate surface area is 186 Å². The van der Waals surface area contributed by atoms with Gasteiger partial charge < -0.3 is 20.3 Å². The number of nitrogens with zero attached hydrogens (tertiary/aromatic N) is 2. The molecular weight excluding hydrogens is 420 g/mol. The number of halogens is 1. The fourth-order valence-electron chi connectivity index (χ4n) is 3.11. The minimum atomic E-state index is -0.355. The van der Waals surface area contributed by atoms with E-state index >= 15 is 0 Å². The first-order valence-corrected chi connectivity index (χ1v) is 10.4. The first kappa shape index (κ1) is 22.6. The van der Waals surface area contributed by atoms with Crippen molar-refractivity contribution in [2.45, 2.75) is 0 Å². The zero-order valence-electron chi connectivity index (χ0n) is 17.1. The monoisotopic (exact) mass is 444 g/mol. The van der Waals surface area contributed by atoms with Crippen molar-refractivity contribution in [1.82, 2.24) is 15.1 Å². The number of hydrogen-bond donors (Lipinski definition) is 2. The van der Waals surface area contributed by atoms with Gasteiger partial charge in [0.05, 0.1) is 23.8 Å². The first-order chi connectivity index (χ1) is 15.0. The lowest BCUT2D eigenvalue weighted by Gasteiger charge is -2.34. The minimum Gasteiger partial charge on any atom is -0.484 e. The van der Waals surface area contributed by atoms with E-state index in [1.165, 1.54) is 0 Å². The van der Waals surface area contributed by atoms with E-state index < -0.39 is 0 Å². The molecule has 3 amide bonds. The second kappa shape index (κ2) is 11.3. The first-order valence-electron chi connectivity index (χ1n) is 10.0. The summed E-state index contributed by atoms with van der Waals surface area (Å²) in [5, 5.41) is 5.86. The van der Waals surface area contributed by atoms with E-state index in [1.54, 1.807) is 41.3 Å². The molecule has 0 atom stereocenters. The second-order valence-corrected chi connectivity index (χ2v) is 7.47. The van der Waals surface area contributed by atoms with Gasteiger partial charge >= 0.3 is 0 Å². The number of para-hydroxylation sites is 2. The number of piperazine rings is 1. The Hall–Kier alpha value is -3.10. The molecule has 31 heavy (non-hydrogen) atoms. The Kier molecular flexibility index (Phi) is 8.26. The molecule has 0 spiro atoms. The molecule has 1 heterocycles. The van der Waals surface area contributed by atoms with Gasteiger partial charge in [-0.05, 0) is 24.3 Å². The lowest BCUT2D eigenvalue weighted by Crippen LogP contribution is -2.52. The summed E-state index contributed by atoms with van der Waals surface area (Å²) in [6, 6.07) is 16.1. The van der Waals surface area contributed by atoms with E-state index in [2.05, 4.69) is 10.6 Å². The van der Waals surface area contributed by atoms with E-state index in [-0.39, 0.29) is 37.4 Å². The zero-order chi connectivity index (χ0) is 22.1. The molecule has 3 rings (SSSR count). The van der Waals surface area contributed by atoms with Crippen molar-refractivity contribution in [2.75, 3.05) is 51.2 Å². The van der Waals surface area contributed by atoms with E-state index in [4.69, 9.17) is 16.3 Å². The van der Waals surface area contributed by atoms with Crippen LogP contribution in [0.25, 0.3) is 0 Å². The van der Waals surface area contributed by atoms with Gasteiger partial charge in [-0.2, -0.15) is 0 Å². The van der Waals surface area contributed by atoms with Crippen LogP contribution in [0.4, 0.5) is 5.69 Å². The number of ether oxygens (including phenoxy) is 1. The maximum Gasteiger partial charge on any atom is 0.258 e. The average molecular weight is 445 g/mol. The van der Waals surface area contributed by atoms with Crippen LogP contribution in [-0.2, 0) is 14.4 Å². The molecule has 2 N–H and O–H groups in total. The Morgan fingerprint density at radius 1 is 0.903 bits per heavy atom. The largest absolute Gasteiger partial charge is 0.484 e. The number of nitrogens with one attached hydrogen (secondary N) is 2. The SMILES string of the molecule is O=C(COc1ccccc1)NCC(=O)N1CCN(CC(=O)Nc2ccccc2Cl)CC1. The number of amides is 3. The van der Waals surface area contributed by atoms with Gasteiger partial charge in [-0.15, -0.1) is 0 Å². The summed E-state index contributed by atoms with van der Waals surface area (Å²) in [6.45, 7) is 2.14. The van der Waals surface area contributed by atoms with Gasteiger partial charge in [0.2, 0.25) is 11.8 Å². The van der Waals surface area contributed by atoms with Crippen LogP contribution < -0.4 is 15.4 Å². The van der Waals surface area contributed by atoms with Crippen LogP contribution >= 0.6 is 11.6 Å². The molecule has 1 fully saturated rings. The quantitative estimate of drug-likeness (QED) is 0.645. The summed E-state index contributed by atoms with van der Waals surface area (Å²) in [7, 11) is 0. The van der Waals surface area contributed by atoms with Crippen molar-refractivity contribution in [3.05, 3.63) is 59.6 Å². The normalized spacial score (nSPS) is 14.0. The number of anilines is 1. The molecule has 1 aliphatic heterocycles. The summed E-state index contributed by atoms with van der Waals surface area (Å²) >= 11 is 6.06. The fourth-order valence-corrected chi connectivity index (χ4v) is 3.30. The molecule has 9 heteroatoms. The van der Waals surface area contributed by atoms with E-state index in [9.17, 15) is 14.4 Å². The van der Waals surface area contributed by atoms with Crippen LogP contribution in [0.3, 0.4) is 0 Å². The van der Waals surface area contributed by atoms with Crippen LogP contribution in [0.5, 0.6) is 5.75 Å². The van der Waals surface area contributed by atoms with Crippen molar-refractivity contribution < 1.29 is 19.1 Å². The van der Waals surface area contributed by atoms with Crippen LogP contribution in [0, 0.1) is 0 Å². The highest BCUT2D eigenvalue weighted by atomic mass is 35.5. The molecule has 0 aromatic heterocycles. The summed E-state index contributed by atoms with van der Waals surface area (Å²) in [4.78, 5) is 40.1. The molecule has 1 saturated heterocycles. The maximum atomic E-state index is 12.3. The lowest BCUT2D eigenvalue weighted by molar-refractivity contribution is -0.134. The van der Waals surface area contributed by atoms with E-state index in [1.807, 2.05) is 23.1 Å². The van der Waals surface area contributed by atoms with Gasteiger partial charge in [0.15, 0.2) is 6.61 Å². The molecular formula is C22H25ClN4O4. The van der Waals surface area contributed by atoms with Crippen molar-refractivity contribution in [1.29, 1.82) is 0 Å². The summed E-state index contributed by atoms with van der Waals surface area (Å²) in [5.74, 6) is -0.0717. The van der Waals surface area contributed by atoms with Crippen molar-refractivity contribution in [2.24, 2.45) is 0 Å². The third-order valence-corrected chi connectivity index (χ3v) is 5.12. The Morgan fingerprint density at radius 2 is 1.58 bits per heavy atom. The highest BCUT2D eigenvalue weighted by Gasteiger charge is 2.22. The number of rotatable bonds is 8. The molecule has 0 aliphatic carbocycles. The Morgan fingerprint density at radius 3 is 2.29 bits per heavy atom. The highest BCUT2D eigenvalue weighted by Crippen LogP contribution is 2.20. The van der Waals surface area contributed by atoms with Gasteiger partial charge in [-0.1, -0.05) is 41.9 Å². The number of benzene rings is 2. The smallest absolute Gasteiger partial charge is 0.258 e. The van der Waals surface area contributed by atoms with E-state index in [0.29, 0.717) is 42.6 Å². The third kappa shape index (κ3) is 7.27. The van der Waals surface area contributed by atoms with Gasteiger partial charge in [0.25, 0.3) is 5.91 Å². The molecule has 164 valence electrons. The van der Waals surface area contributed by atoms with Gasteiger partial charge in [0.1, 0.15) is 5.75 Å². The summed E-state index contributed by atoms with van der Waals surface area (Å²) < 4.78 is 5.36. The molecule has 0 saturated carbocycles. The molecule has 0 radical (unpaired) electrons. The number of carbonyl (C=O) groups is 3. The predicted molar refractivity (Wildman–Crippen MR) is 118 cm³/mol. The van der Waals surface area contributed by atoms with Gasteiger partial charge in [-0.3, -0.25) is 19.3 Å². The summed E-state index contributed by atoms with van der Waals surface area (Å²) in [5.41, 5.74) is 0.579. The number of hydrogen-bond acceptors (Lipinski definition) is 5. The minimum absolute atomic E-state index is 0.0794. The van der Waals surface area contributed by atoms with Crippen molar-refractivity contribution in [3.63, 3.8) is 0 Å². The number of carbonyl (C=O) groups excluding carboxylic acids is 3. The predicted octanol–water partition coefficient (Wildman–Crippen LogP) is 1.62. The van der Waals surface area contributed by atoms with Crippen LogP contribution in [0.1, 0.15) is 0 Å². The second-order valence-electron chi connectivity index (χ2n) is 7.06. The maximum absolute atomic E-state index is 12.3. The van der Waals surface area contributed by atoms with Crippen molar-refractivity contribution in [3.8, 4) is 5.75 Å². The van der Waals surface area contributed by atoms with Gasteiger partial charge in [-0.25, -0.2) is 0 Å². The highest BCUT2D eigenvalue weighted by molar-refractivity contribution is 6.33.